The zero-order valence-electron chi connectivity index (χ0n) is 10.6. The molecule has 3 rings (SSSR count). The molecule has 4 heteroatoms. The zero-order valence-corrected chi connectivity index (χ0v) is 11.4. The van der Waals surface area contributed by atoms with E-state index < -0.39 is 0 Å². The highest BCUT2D eigenvalue weighted by Gasteiger charge is 2.02. The molecule has 0 saturated heterocycles. The third kappa shape index (κ3) is 2.56. The van der Waals surface area contributed by atoms with Gasteiger partial charge in [0, 0.05) is 22.6 Å². The predicted octanol–water partition coefficient (Wildman–Crippen LogP) is 3.91. The van der Waals surface area contributed by atoms with Gasteiger partial charge in [-0.25, -0.2) is 4.98 Å². The van der Waals surface area contributed by atoms with E-state index in [4.69, 9.17) is 11.6 Å². The number of benzene rings is 1. The van der Waals surface area contributed by atoms with Crippen molar-refractivity contribution < 1.29 is 0 Å². The third-order valence-corrected chi connectivity index (χ3v) is 3.32. The number of aromatic nitrogens is 2. The van der Waals surface area contributed by atoms with Crippen LogP contribution in [0.2, 0.25) is 5.02 Å². The summed E-state index contributed by atoms with van der Waals surface area (Å²) in [6.07, 6.45) is 2.06. The number of hydrogen-bond donors (Lipinski definition) is 1. The van der Waals surface area contributed by atoms with Crippen LogP contribution in [0.5, 0.6) is 0 Å². The van der Waals surface area contributed by atoms with Crippen LogP contribution in [-0.2, 0) is 6.54 Å². The van der Waals surface area contributed by atoms with Crippen LogP contribution in [-0.4, -0.2) is 9.38 Å². The number of hydrogen-bond acceptors (Lipinski definition) is 2. The first kappa shape index (κ1) is 12.1. The molecule has 1 N–H and O–H groups in total. The molecule has 0 aliphatic heterocycles. The number of rotatable bonds is 3. The Hall–Kier alpha value is -2.00. The van der Waals surface area contributed by atoms with E-state index in [2.05, 4.69) is 33.9 Å². The molecule has 0 atom stereocenters. The number of anilines is 1. The fourth-order valence-corrected chi connectivity index (χ4v) is 2.17. The molecule has 0 aliphatic carbocycles. The Bertz CT molecular complexity index is 701. The van der Waals surface area contributed by atoms with Crippen LogP contribution in [0, 0.1) is 6.92 Å². The highest BCUT2D eigenvalue weighted by Crippen LogP contribution is 2.15. The van der Waals surface area contributed by atoms with E-state index in [0.29, 0.717) is 6.54 Å². The first-order chi connectivity index (χ1) is 9.22. The first-order valence-corrected chi connectivity index (χ1v) is 6.53. The number of nitrogens with zero attached hydrogens (tertiary/aromatic N) is 2. The molecular weight excluding hydrogens is 258 g/mol. The number of aryl methyl sites for hydroxylation is 1. The highest BCUT2D eigenvalue weighted by molar-refractivity contribution is 6.30. The molecule has 0 unspecified atom stereocenters. The average molecular weight is 272 g/mol. The van der Waals surface area contributed by atoms with Gasteiger partial charge in [0.25, 0.3) is 0 Å². The fraction of sp³-hybridized carbons (Fsp3) is 0.133. The van der Waals surface area contributed by atoms with Gasteiger partial charge in [-0.15, -0.1) is 0 Å². The van der Waals surface area contributed by atoms with Crippen molar-refractivity contribution in [1.82, 2.24) is 9.38 Å². The topological polar surface area (TPSA) is 29.3 Å². The lowest BCUT2D eigenvalue weighted by molar-refractivity contribution is 1.06. The van der Waals surface area contributed by atoms with Gasteiger partial charge in [0.15, 0.2) is 0 Å². The Labute approximate surface area is 116 Å². The van der Waals surface area contributed by atoms with E-state index in [1.54, 1.807) is 0 Å². The lowest BCUT2D eigenvalue weighted by Gasteiger charge is -2.03. The zero-order chi connectivity index (χ0) is 13.2. The number of halogens is 1. The first-order valence-electron chi connectivity index (χ1n) is 6.15. The molecule has 3 aromatic rings. The smallest absolute Gasteiger partial charge is 0.137 e. The molecule has 96 valence electrons. The number of fused-ring (bicyclic) bond motifs is 1. The largest absolute Gasteiger partial charge is 0.379 e. The van der Waals surface area contributed by atoms with Crippen LogP contribution in [0.15, 0.2) is 48.7 Å². The molecule has 0 spiro atoms. The van der Waals surface area contributed by atoms with Gasteiger partial charge in [0.1, 0.15) is 5.65 Å². The van der Waals surface area contributed by atoms with E-state index in [9.17, 15) is 0 Å². The molecule has 3 nitrogen and oxygen atoms in total. The minimum Gasteiger partial charge on any atom is -0.379 e. The third-order valence-electron chi connectivity index (χ3n) is 3.06. The van der Waals surface area contributed by atoms with Gasteiger partial charge < -0.3 is 9.72 Å². The van der Waals surface area contributed by atoms with Crippen molar-refractivity contribution in [3.63, 3.8) is 0 Å². The van der Waals surface area contributed by atoms with Gasteiger partial charge in [0.05, 0.1) is 12.2 Å². The van der Waals surface area contributed by atoms with Crippen molar-refractivity contribution in [2.75, 3.05) is 5.32 Å². The van der Waals surface area contributed by atoms with E-state index in [1.165, 1.54) is 5.69 Å². The average Bonchev–Trinajstić information content (AvgIpc) is 2.83. The summed E-state index contributed by atoms with van der Waals surface area (Å²) in [6, 6.07) is 13.8. The molecule has 19 heavy (non-hydrogen) atoms. The van der Waals surface area contributed by atoms with Gasteiger partial charge >= 0.3 is 0 Å². The minimum absolute atomic E-state index is 0.697. The summed E-state index contributed by atoms with van der Waals surface area (Å²) < 4.78 is 2.10. The maximum absolute atomic E-state index is 5.86. The monoisotopic (exact) mass is 271 g/mol. The van der Waals surface area contributed by atoms with Crippen molar-refractivity contribution in [3.05, 3.63) is 65.1 Å². The maximum atomic E-state index is 5.86. The SMILES string of the molecule is Cc1cccc2nc(CNc3ccc(Cl)cc3)cn12. The van der Waals surface area contributed by atoms with Crippen LogP contribution in [0.3, 0.4) is 0 Å². The Morgan fingerprint density at radius 2 is 1.95 bits per heavy atom. The second-order valence-corrected chi connectivity index (χ2v) is 4.92. The van der Waals surface area contributed by atoms with Crippen molar-refractivity contribution in [2.24, 2.45) is 0 Å². The summed E-state index contributed by atoms with van der Waals surface area (Å²) in [7, 11) is 0. The molecule has 2 aromatic heterocycles. The van der Waals surface area contributed by atoms with Crippen molar-refractivity contribution in [2.45, 2.75) is 13.5 Å². The van der Waals surface area contributed by atoms with Crippen LogP contribution in [0.1, 0.15) is 11.4 Å². The summed E-state index contributed by atoms with van der Waals surface area (Å²) >= 11 is 5.86. The maximum Gasteiger partial charge on any atom is 0.137 e. The fourth-order valence-electron chi connectivity index (χ4n) is 2.04. The summed E-state index contributed by atoms with van der Waals surface area (Å²) in [6.45, 7) is 2.77. The number of nitrogens with one attached hydrogen (secondary N) is 1. The molecular formula is C15H14ClN3. The van der Waals surface area contributed by atoms with Gasteiger partial charge in [-0.05, 0) is 43.3 Å². The van der Waals surface area contributed by atoms with Crippen LogP contribution in [0.25, 0.3) is 5.65 Å². The molecule has 0 radical (unpaired) electrons. The molecule has 0 fully saturated rings. The Balaban J connectivity index is 1.78. The van der Waals surface area contributed by atoms with E-state index >= 15 is 0 Å². The standard InChI is InChI=1S/C15H14ClN3/c1-11-3-2-4-15-18-14(10-19(11)15)9-17-13-7-5-12(16)6-8-13/h2-8,10,17H,9H2,1H3. The Morgan fingerprint density at radius 1 is 1.16 bits per heavy atom. The molecule has 0 amide bonds. The summed E-state index contributed by atoms with van der Waals surface area (Å²) in [4.78, 5) is 4.58. The van der Waals surface area contributed by atoms with Gasteiger partial charge in [0.2, 0.25) is 0 Å². The Morgan fingerprint density at radius 3 is 2.68 bits per heavy atom. The van der Waals surface area contributed by atoms with Crippen LogP contribution < -0.4 is 5.32 Å². The summed E-state index contributed by atoms with van der Waals surface area (Å²) in [5.74, 6) is 0. The molecule has 0 saturated carbocycles. The van der Waals surface area contributed by atoms with Gasteiger partial charge in [-0.3, -0.25) is 0 Å². The van der Waals surface area contributed by atoms with E-state index in [0.717, 1.165) is 22.1 Å². The number of imidazole rings is 1. The second kappa shape index (κ2) is 4.94. The van der Waals surface area contributed by atoms with Gasteiger partial charge in [-0.2, -0.15) is 0 Å². The molecule has 2 heterocycles. The normalized spacial score (nSPS) is 10.8. The van der Waals surface area contributed by atoms with Crippen LogP contribution >= 0.6 is 11.6 Å². The minimum atomic E-state index is 0.697. The van der Waals surface area contributed by atoms with E-state index in [-0.39, 0.29) is 0 Å². The van der Waals surface area contributed by atoms with Crippen molar-refractivity contribution in [1.29, 1.82) is 0 Å². The molecule has 1 aromatic carbocycles. The highest BCUT2D eigenvalue weighted by atomic mass is 35.5. The lowest BCUT2D eigenvalue weighted by Crippen LogP contribution is -1.99. The van der Waals surface area contributed by atoms with Gasteiger partial charge in [-0.1, -0.05) is 17.7 Å². The predicted molar refractivity (Wildman–Crippen MR) is 78.7 cm³/mol. The summed E-state index contributed by atoms with van der Waals surface area (Å²) in [5.41, 5.74) is 4.22. The molecule has 0 aliphatic rings. The lowest BCUT2D eigenvalue weighted by atomic mass is 10.3. The Kier molecular flexibility index (Phi) is 3.13. The van der Waals surface area contributed by atoms with Crippen molar-refractivity contribution >= 4 is 22.9 Å². The molecule has 0 bridgehead atoms. The summed E-state index contributed by atoms with van der Waals surface area (Å²) in [5, 5.41) is 4.08. The van der Waals surface area contributed by atoms with E-state index in [1.807, 2.05) is 36.4 Å². The van der Waals surface area contributed by atoms with Crippen molar-refractivity contribution in [3.8, 4) is 0 Å². The quantitative estimate of drug-likeness (QED) is 0.783. The number of pyridine rings is 1. The van der Waals surface area contributed by atoms with Crippen LogP contribution in [0.4, 0.5) is 5.69 Å². The second-order valence-electron chi connectivity index (χ2n) is 4.49.